The van der Waals surface area contributed by atoms with Crippen LogP contribution in [0, 0.1) is 0 Å². The third kappa shape index (κ3) is 2.24. The molecule has 1 saturated carbocycles. The van der Waals surface area contributed by atoms with Crippen molar-refractivity contribution < 1.29 is 23.4 Å². The first-order valence-corrected chi connectivity index (χ1v) is 6.34. The fourth-order valence-corrected chi connectivity index (χ4v) is 3.69. The van der Waals surface area contributed by atoms with E-state index in [4.69, 9.17) is 5.11 Å². The summed E-state index contributed by atoms with van der Waals surface area (Å²) >= 11 is 0. The van der Waals surface area contributed by atoms with Gasteiger partial charge in [0.2, 0.25) is 0 Å². The van der Waals surface area contributed by atoms with Crippen molar-refractivity contribution in [2.75, 3.05) is 6.26 Å². The molecule has 0 aromatic heterocycles. The Hall–Kier alpha value is -0.620. The van der Waals surface area contributed by atoms with E-state index in [2.05, 4.69) is 0 Å². The first-order chi connectivity index (χ1) is 6.26. The Labute approximate surface area is 82.7 Å². The highest BCUT2D eigenvalue weighted by Crippen LogP contribution is 2.37. The molecule has 0 bridgehead atoms. The van der Waals surface area contributed by atoms with Gasteiger partial charge >= 0.3 is 5.97 Å². The summed E-state index contributed by atoms with van der Waals surface area (Å²) < 4.78 is 22.6. The van der Waals surface area contributed by atoms with Crippen molar-refractivity contribution in [1.29, 1.82) is 0 Å². The average molecular weight is 222 g/mol. The number of hydrogen-bond acceptors (Lipinski definition) is 4. The van der Waals surface area contributed by atoms with Crippen molar-refractivity contribution in [2.45, 2.75) is 36.5 Å². The van der Waals surface area contributed by atoms with Crippen molar-refractivity contribution in [3.8, 4) is 0 Å². The monoisotopic (exact) mass is 222 g/mol. The van der Waals surface area contributed by atoms with E-state index < -0.39 is 33.1 Å². The molecule has 0 radical (unpaired) electrons. The van der Waals surface area contributed by atoms with Crippen LogP contribution in [0.5, 0.6) is 0 Å². The summed E-state index contributed by atoms with van der Waals surface area (Å²) in [6, 6.07) is 0. The zero-order chi connectivity index (χ0) is 11.0. The van der Waals surface area contributed by atoms with Gasteiger partial charge in [0.05, 0.1) is 17.3 Å². The molecule has 1 aliphatic carbocycles. The van der Waals surface area contributed by atoms with Gasteiger partial charge in [0.15, 0.2) is 9.84 Å². The van der Waals surface area contributed by atoms with Crippen LogP contribution in [0.2, 0.25) is 0 Å². The molecule has 0 spiro atoms. The lowest BCUT2D eigenvalue weighted by atomic mass is 9.98. The predicted octanol–water partition coefficient (Wildman–Crippen LogP) is -0.211. The van der Waals surface area contributed by atoms with Crippen LogP contribution in [0.3, 0.4) is 0 Å². The van der Waals surface area contributed by atoms with Gasteiger partial charge in [-0.05, 0) is 19.3 Å². The Bertz CT molecular complexity index is 334. The van der Waals surface area contributed by atoms with Gasteiger partial charge in [0.25, 0.3) is 0 Å². The number of sulfone groups is 1. The number of aliphatic carboxylic acids is 1. The second-order valence-corrected chi connectivity index (χ2v) is 6.11. The standard InChI is InChI=1S/C8H14O5S/c1-14(12,13)6-3-2-4-8(6,11)5-7(9)10/h6,11H,2-5H2,1H3,(H,9,10). The van der Waals surface area contributed by atoms with E-state index in [9.17, 15) is 18.3 Å². The van der Waals surface area contributed by atoms with E-state index in [0.29, 0.717) is 12.8 Å². The van der Waals surface area contributed by atoms with E-state index in [1.165, 1.54) is 0 Å². The molecule has 14 heavy (non-hydrogen) atoms. The molecule has 0 aromatic carbocycles. The van der Waals surface area contributed by atoms with Gasteiger partial charge in [-0.2, -0.15) is 0 Å². The lowest BCUT2D eigenvalue weighted by Gasteiger charge is -2.26. The lowest BCUT2D eigenvalue weighted by molar-refractivity contribution is -0.142. The smallest absolute Gasteiger partial charge is 0.306 e. The van der Waals surface area contributed by atoms with E-state index in [1.807, 2.05) is 0 Å². The second kappa shape index (κ2) is 3.51. The molecule has 82 valence electrons. The molecule has 6 heteroatoms. The third-order valence-corrected chi connectivity index (χ3v) is 4.36. The van der Waals surface area contributed by atoms with Gasteiger partial charge in [-0.25, -0.2) is 8.42 Å². The van der Waals surface area contributed by atoms with Crippen molar-refractivity contribution in [3.05, 3.63) is 0 Å². The molecule has 2 unspecified atom stereocenters. The van der Waals surface area contributed by atoms with E-state index in [0.717, 1.165) is 6.26 Å². The van der Waals surface area contributed by atoms with Gasteiger partial charge < -0.3 is 10.2 Å². The molecule has 1 rings (SSSR count). The van der Waals surface area contributed by atoms with Crippen LogP contribution in [-0.2, 0) is 14.6 Å². The molecule has 0 amide bonds. The molecule has 0 aromatic rings. The highest BCUT2D eigenvalue weighted by atomic mass is 32.2. The van der Waals surface area contributed by atoms with E-state index >= 15 is 0 Å². The summed E-state index contributed by atoms with van der Waals surface area (Å²) in [6.07, 6.45) is 1.70. The molecule has 0 saturated heterocycles. The zero-order valence-corrected chi connectivity index (χ0v) is 8.75. The maximum atomic E-state index is 11.3. The second-order valence-electron chi connectivity index (χ2n) is 3.88. The fourth-order valence-electron chi connectivity index (χ4n) is 2.10. The maximum Gasteiger partial charge on any atom is 0.306 e. The maximum absolute atomic E-state index is 11.3. The molecule has 0 heterocycles. The molecule has 2 atom stereocenters. The van der Waals surface area contributed by atoms with Gasteiger partial charge in [-0.1, -0.05) is 0 Å². The molecule has 0 aliphatic heterocycles. The van der Waals surface area contributed by atoms with Crippen LogP contribution >= 0.6 is 0 Å². The van der Waals surface area contributed by atoms with Gasteiger partial charge in [-0.15, -0.1) is 0 Å². The topological polar surface area (TPSA) is 91.7 Å². The van der Waals surface area contributed by atoms with E-state index in [-0.39, 0.29) is 6.42 Å². The highest BCUT2D eigenvalue weighted by molar-refractivity contribution is 7.91. The minimum atomic E-state index is -3.37. The van der Waals surface area contributed by atoms with Crippen molar-refractivity contribution >= 4 is 15.8 Å². The van der Waals surface area contributed by atoms with Crippen molar-refractivity contribution in [2.24, 2.45) is 0 Å². The van der Waals surface area contributed by atoms with Crippen LogP contribution in [0.4, 0.5) is 0 Å². The normalized spacial score (nSPS) is 33.1. The van der Waals surface area contributed by atoms with Crippen LogP contribution in [0.25, 0.3) is 0 Å². The van der Waals surface area contributed by atoms with Crippen LogP contribution in [0.15, 0.2) is 0 Å². The van der Waals surface area contributed by atoms with E-state index in [1.54, 1.807) is 0 Å². The van der Waals surface area contributed by atoms with Gasteiger partial charge in [0.1, 0.15) is 0 Å². The Morgan fingerprint density at radius 3 is 2.57 bits per heavy atom. The quantitative estimate of drug-likeness (QED) is 0.689. The molecular formula is C8H14O5S. The van der Waals surface area contributed by atoms with Crippen LogP contribution < -0.4 is 0 Å². The molecule has 1 aliphatic rings. The summed E-state index contributed by atoms with van der Waals surface area (Å²) in [5, 5.41) is 17.5. The zero-order valence-electron chi connectivity index (χ0n) is 7.93. The largest absolute Gasteiger partial charge is 0.481 e. The minimum Gasteiger partial charge on any atom is -0.481 e. The summed E-state index contributed by atoms with van der Waals surface area (Å²) in [7, 11) is -3.37. The Morgan fingerprint density at radius 2 is 2.14 bits per heavy atom. The van der Waals surface area contributed by atoms with Crippen molar-refractivity contribution in [1.82, 2.24) is 0 Å². The molecule has 1 fully saturated rings. The van der Waals surface area contributed by atoms with Crippen LogP contribution in [-0.4, -0.2) is 41.7 Å². The molecule has 2 N–H and O–H groups in total. The summed E-state index contributed by atoms with van der Waals surface area (Å²) in [5.41, 5.74) is -1.57. The number of carboxylic acid groups (broad SMARTS) is 1. The van der Waals surface area contributed by atoms with Gasteiger partial charge in [-0.3, -0.25) is 4.79 Å². The van der Waals surface area contributed by atoms with Gasteiger partial charge in [0, 0.05) is 6.26 Å². The Morgan fingerprint density at radius 1 is 1.57 bits per heavy atom. The number of rotatable bonds is 3. The minimum absolute atomic E-state index is 0.247. The summed E-state index contributed by atoms with van der Waals surface area (Å²) in [4.78, 5) is 10.5. The number of aliphatic hydroxyl groups is 1. The SMILES string of the molecule is CS(=O)(=O)C1CCCC1(O)CC(=O)O. The highest BCUT2D eigenvalue weighted by Gasteiger charge is 2.47. The Balaban J connectivity index is 2.92. The summed E-state index contributed by atoms with van der Waals surface area (Å²) in [5.74, 6) is -1.16. The predicted molar refractivity (Wildman–Crippen MR) is 49.7 cm³/mol. The first kappa shape index (κ1) is 11.5. The van der Waals surface area contributed by atoms with Crippen LogP contribution in [0.1, 0.15) is 25.7 Å². The number of hydrogen-bond donors (Lipinski definition) is 2. The Kier molecular flexibility index (Phi) is 2.87. The fraction of sp³-hybridized carbons (Fsp3) is 0.875. The third-order valence-electron chi connectivity index (χ3n) is 2.65. The summed E-state index contributed by atoms with van der Waals surface area (Å²) in [6.45, 7) is 0. The first-order valence-electron chi connectivity index (χ1n) is 4.39. The number of carboxylic acids is 1. The lowest BCUT2D eigenvalue weighted by Crippen LogP contribution is -2.43. The molecular weight excluding hydrogens is 208 g/mol. The number of carbonyl (C=O) groups is 1. The molecule has 5 nitrogen and oxygen atoms in total. The average Bonchev–Trinajstić information content (AvgIpc) is 2.27. The van der Waals surface area contributed by atoms with Crippen molar-refractivity contribution in [3.63, 3.8) is 0 Å².